The molecule has 0 N–H and O–H groups in total. The van der Waals surface area contributed by atoms with Crippen molar-refractivity contribution in [1.82, 2.24) is 14.8 Å². The highest BCUT2D eigenvalue weighted by atomic mass is 32.2. The number of hydrogen-bond acceptors (Lipinski definition) is 3. The predicted octanol–water partition coefficient (Wildman–Crippen LogP) is 5.54. The van der Waals surface area contributed by atoms with E-state index >= 15 is 0 Å². The first kappa shape index (κ1) is 17.2. The molecule has 0 aliphatic rings. The molecule has 0 fully saturated rings. The SMILES string of the molecule is C=CCC(Sc1nnc(-c2ccccc2)n1CC=C)c1ccccc1. The van der Waals surface area contributed by atoms with E-state index in [-0.39, 0.29) is 5.25 Å². The summed E-state index contributed by atoms with van der Waals surface area (Å²) in [6, 6.07) is 20.6. The second kappa shape index (κ2) is 8.49. The van der Waals surface area contributed by atoms with Crippen molar-refractivity contribution in [2.75, 3.05) is 0 Å². The zero-order valence-electron chi connectivity index (χ0n) is 14.1. The van der Waals surface area contributed by atoms with Crippen molar-refractivity contribution in [1.29, 1.82) is 0 Å². The molecule has 1 aromatic heterocycles. The number of nitrogens with zero attached hydrogens (tertiary/aromatic N) is 3. The smallest absolute Gasteiger partial charge is 0.192 e. The molecule has 25 heavy (non-hydrogen) atoms. The van der Waals surface area contributed by atoms with Crippen molar-refractivity contribution in [2.24, 2.45) is 0 Å². The minimum atomic E-state index is 0.259. The first-order valence-corrected chi connectivity index (χ1v) is 9.13. The summed E-state index contributed by atoms with van der Waals surface area (Å²) in [5.41, 5.74) is 2.32. The van der Waals surface area contributed by atoms with Gasteiger partial charge in [0.1, 0.15) is 0 Å². The van der Waals surface area contributed by atoms with Crippen LogP contribution in [-0.2, 0) is 6.54 Å². The van der Waals surface area contributed by atoms with Crippen LogP contribution in [-0.4, -0.2) is 14.8 Å². The first-order chi connectivity index (χ1) is 12.3. The third kappa shape index (κ3) is 4.09. The van der Waals surface area contributed by atoms with Crippen LogP contribution in [0.2, 0.25) is 0 Å². The lowest BCUT2D eigenvalue weighted by Crippen LogP contribution is -2.02. The molecule has 1 heterocycles. The van der Waals surface area contributed by atoms with E-state index in [1.807, 2.05) is 36.4 Å². The summed E-state index contributed by atoms with van der Waals surface area (Å²) in [7, 11) is 0. The van der Waals surface area contributed by atoms with Crippen LogP contribution in [0.1, 0.15) is 17.2 Å². The van der Waals surface area contributed by atoms with Gasteiger partial charge in [-0.1, -0.05) is 84.6 Å². The maximum atomic E-state index is 4.45. The molecule has 0 amide bonds. The molecular weight excluding hydrogens is 326 g/mol. The van der Waals surface area contributed by atoms with Gasteiger partial charge in [-0.25, -0.2) is 0 Å². The van der Waals surface area contributed by atoms with E-state index in [1.54, 1.807) is 11.8 Å². The van der Waals surface area contributed by atoms with Gasteiger partial charge >= 0.3 is 0 Å². The van der Waals surface area contributed by atoms with Crippen LogP contribution in [0, 0.1) is 0 Å². The highest BCUT2D eigenvalue weighted by molar-refractivity contribution is 7.99. The third-order valence-electron chi connectivity index (χ3n) is 3.86. The predicted molar refractivity (Wildman–Crippen MR) is 106 cm³/mol. The van der Waals surface area contributed by atoms with E-state index in [0.29, 0.717) is 6.54 Å². The van der Waals surface area contributed by atoms with E-state index in [0.717, 1.165) is 23.0 Å². The third-order valence-corrected chi connectivity index (χ3v) is 5.12. The Kier molecular flexibility index (Phi) is 5.86. The second-order valence-electron chi connectivity index (χ2n) is 5.61. The van der Waals surface area contributed by atoms with Crippen molar-refractivity contribution in [2.45, 2.75) is 23.4 Å². The van der Waals surface area contributed by atoms with Crippen molar-refractivity contribution in [3.8, 4) is 11.4 Å². The summed E-state index contributed by atoms with van der Waals surface area (Å²) in [5, 5.41) is 10.0. The van der Waals surface area contributed by atoms with Gasteiger partial charge in [0.05, 0.1) is 0 Å². The molecule has 0 bridgehead atoms. The molecule has 0 saturated carbocycles. The molecule has 0 radical (unpaired) electrons. The summed E-state index contributed by atoms with van der Waals surface area (Å²) in [5.74, 6) is 0.869. The summed E-state index contributed by atoms with van der Waals surface area (Å²) < 4.78 is 2.12. The molecular formula is C21H21N3S. The van der Waals surface area contributed by atoms with Crippen LogP contribution in [0.3, 0.4) is 0 Å². The molecule has 3 nitrogen and oxygen atoms in total. The number of thioether (sulfide) groups is 1. The number of allylic oxidation sites excluding steroid dienone is 2. The van der Waals surface area contributed by atoms with Gasteiger partial charge in [-0.2, -0.15) is 0 Å². The van der Waals surface area contributed by atoms with Crippen LogP contribution in [0.25, 0.3) is 11.4 Å². The van der Waals surface area contributed by atoms with Crippen LogP contribution in [0.5, 0.6) is 0 Å². The van der Waals surface area contributed by atoms with Crippen molar-refractivity contribution < 1.29 is 0 Å². The molecule has 1 atom stereocenters. The number of rotatable bonds is 8. The number of hydrogen-bond donors (Lipinski definition) is 0. The van der Waals surface area contributed by atoms with Crippen LogP contribution in [0.15, 0.2) is 91.1 Å². The Morgan fingerprint density at radius 2 is 1.60 bits per heavy atom. The number of aromatic nitrogens is 3. The summed E-state index contributed by atoms with van der Waals surface area (Å²) >= 11 is 1.72. The lowest BCUT2D eigenvalue weighted by Gasteiger charge is -2.15. The van der Waals surface area contributed by atoms with Crippen molar-refractivity contribution in [3.05, 3.63) is 91.5 Å². The Morgan fingerprint density at radius 1 is 0.920 bits per heavy atom. The Labute approximate surface area is 153 Å². The van der Waals surface area contributed by atoms with Gasteiger partial charge in [0.15, 0.2) is 11.0 Å². The topological polar surface area (TPSA) is 30.7 Å². The summed E-state index contributed by atoms with van der Waals surface area (Å²) in [6.45, 7) is 8.47. The van der Waals surface area contributed by atoms with Gasteiger partial charge in [-0.3, -0.25) is 4.57 Å². The van der Waals surface area contributed by atoms with Gasteiger partial charge in [0.2, 0.25) is 0 Å². The number of benzene rings is 2. The van der Waals surface area contributed by atoms with Crippen LogP contribution >= 0.6 is 11.8 Å². The first-order valence-electron chi connectivity index (χ1n) is 8.25. The average molecular weight is 347 g/mol. The average Bonchev–Trinajstić information content (AvgIpc) is 3.06. The van der Waals surface area contributed by atoms with E-state index in [4.69, 9.17) is 0 Å². The summed E-state index contributed by atoms with van der Waals surface area (Å²) in [4.78, 5) is 0. The molecule has 0 aliphatic carbocycles. The minimum absolute atomic E-state index is 0.259. The summed E-state index contributed by atoms with van der Waals surface area (Å²) in [6.07, 6.45) is 4.71. The lowest BCUT2D eigenvalue weighted by molar-refractivity contribution is 0.727. The quantitative estimate of drug-likeness (QED) is 0.396. The van der Waals surface area contributed by atoms with Gasteiger partial charge in [0, 0.05) is 17.4 Å². The Morgan fingerprint density at radius 3 is 2.24 bits per heavy atom. The molecule has 0 saturated heterocycles. The fraction of sp³-hybridized carbons (Fsp3) is 0.143. The molecule has 3 rings (SSSR count). The maximum absolute atomic E-state index is 4.45. The minimum Gasteiger partial charge on any atom is -0.298 e. The molecule has 126 valence electrons. The van der Waals surface area contributed by atoms with Gasteiger partial charge in [-0.15, -0.1) is 23.4 Å². The molecule has 2 aromatic carbocycles. The second-order valence-corrected chi connectivity index (χ2v) is 6.78. The van der Waals surface area contributed by atoms with Crippen molar-refractivity contribution in [3.63, 3.8) is 0 Å². The van der Waals surface area contributed by atoms with E-state index in [2.05, 4.69) is 64.3 Å². The molecule has 4 heteroatoms. The largest absolute Gasteiger partial charge is 0.298 e. The lowest BCUT2D eigenvalue weighted by atomic mass is 10.1. The monoisotopic (exact) mass is 347 g/mol. The van der Waals surface area contributed by atoms with E-state index in [1.165, 1.54) is 5.56 Å². The fourth-order valence-corrected chi connectivity index (χ4v) is 3.83. The fourth-order valence-electron chi connectivity index (χ4n) is 2.67. The molecule has 1 unspecified atom stereocenters. The maximum Gasteiger partial charge on any atom is 0.192 e. The zero-order valence-corrected chi connectivity index (χ0v) is 14.9. The molecule has 0 aliphatic heterocycles. The van der Waals surface area contributed by atoms with E-state index in [9.17, 15) is 0 Å². The molecule has 0 spiro atoms. The molecule has 3 aromatic rings. The van der Waals surface area contributed by atoms with Crippen LogP contribution < -0.4 is 0 Å². The Balaban J connectivity index is 1.94. The van der Waals surface area contributed by atoms with Gasteiger partial charge in [0.25, 0.3) is 0 Å². The van der Waals surface area contributed by atoms with Crippen LogP contribution in [0.4, 0.5) is 0 Å². The Bertz CT molecular complexity index is 825. The van der Waals surface area contributed by atoms with Gasteiger partial charge < -0.3 is 0 Å². The van der Waals surface area contributed by atoms with Crippen molar-refractivity contribution >= 4 is 11.8 Å². The highest BCUT2D eigenvalue weighted by Gasteiger charge is 2.18. The van der Waals surface area contributed by atoms with E-state index < -0.39 is 0 Å². The normalized spacial score (nSPS) is 11.8. The Hall–Kier alpha value is -2.59. The standard InChI is InChI=1S/C21H21N3S/c1-3-11-19(17-12-7-5-8-13-17)25-21-23-22-20(24(21)16-4-2)18-14-9-6-10-15-18/h3-10,12-15,19H,1-2,11,16H2. The van der Waals surface area contributed by atoms with Gasteiger partial charge in [-0.05, 0) is 12.0 Å². The highest BCUT2D eigenvalue weighted by Crippen LogP contribution is 2.38. The zero-order chi connectivity index (χ0) is 17.5.